The van der Waals surface area contributed by atoms with E-state index in [1.54, 1.807) is 24.3 Å². The molecule has 0 bridgehead atoms. The molecule has 1 fully saturated rings. The highest BCUT2D eigenvalue weighted by atomic mass is 16.5. The Morgan fingerprint density at radius 3 is 2.95 bits per heavy atom. The van der Waals surface area contributed by atoms with Gasteiger partial charge in [-0.15, -0.1) is 0 Å². The van der Waals surface area contributed by atoms with Gasteiger partial charge in [0.1, 0.15) is 11.9 Å². The normalized spacial score (nSPS) is 18.0. The number of anilines is 1. The number of morpholine rings is 1. The van der Waals surface area contributed by atoms with E-state index in [0.29, 0.717) is 24.6 Å². The van der Waals surface area contributed by atoms with Gasteiger partial charge in [-0.3, -0.25) is 9.59 Å². The van der Waals surface area contributed by atoms with Crippen molar-refractivity contribution in [2.45, 2.75) is 12.5 Å². The third-order valence-corrected chi connectivity index (χ3v) is 2.97. The number of para-hydroxylation sites is 2. The van der Waals surface area contributed by atoms with Crippen LogP contribution in [0.2, 0.25) is 0 Å². The summed E-state index contributed by atoms with van der Waals surface area (Å²) in [5.74, 6) is -0.165. The summed E-state index contributed by atoms with van der Waals surface area (Å²) in [6, 6.07) is 7.02. The summed E-state index contributed by atoms with van der Waals surface area (Å²) in [4.78, 5) is 22.8. The predicted molar refractivity (Wildman–Crippen MR) is 77.0 cm³/mol. The Kier molecular flexibility index (Phi) is 5.53. The standard InChI is InChI=1S/C14H19N3O4/c15-13(18)5-7-20-11-4-2-1-3-10(11)17-14(19)12-9-16-6-8-21-12/h1-4,12,16H,5-9H2,(H2,15,18)(H,17,19). The van der Waals surface area contributed by atoms with Gasteiger partial charge in [0.05, 0.1) is 25.3 Å². The Morgan fingerprint density at radius 2 is 2.24 bits per heavy atom. The summed E-state index contributed by atoms with van der Waals surface area (Å²) in [5, 5.41) is 5.87. The smallest absolute Gasteiger partial charge is 0.254 e. The summed E-state index contributed by atoms with van der Waals surface area (Å²) < 4.78 is 10.9. The first-order chi connectivity index (χ1) is 10.2. The van der Waals surface area contributed by atoms with Crippen LogP contribution in [0.5, 0.6) is 5.75 Å². The number of primary amides is 1. The molecule has 1 unspecified atom stereocenters. The average molecular weight is 293 g/mol. The number of benzene rings is 1. The molecule has 0 spiro atoms. The largest absolute Gasteiger partial charge is 0.491 e. The predicted octanol–water partition coefficient (Wildman–Crippen LogP) is -0.132. The molecule has 1 heterocycles. The molecular weight excluding hydrogens is 274 g/mol. The van der Waals surface area contributed by atoms with E-state index in [1.165, 1.54) is 0 Å². The van der Waals surface area contributed by atoms with Crippen molar-refractivity contribution in [3.05, 3.63) is 24.3 Å². The number of hydrogen-bond acceptors (Lipinski definition) is 5. The van der Waals surface area contributed by atoms with Crippen molar-refractivity contribution in [1.29, 1.82) is 0 Å². The Labute approximate surface area is 122 Å². The van der Waals surface area contributed by atoms with Crippen LogP contribution in [0.4, 0.5) is 5.69 Å². The lowest BCUT2D eigenvalue weighted by Crippen LogP contribution is -2.45. The molecule has 1 saturated heterocycles. The minimum atomic E-state index is -0.516. The van der Waals surface area contributed by atoms with E-state index in [9.17, 15) is 9.59 Å². The van der Waals surface area contributed by atoms with Gasteiger partial charge in [-0.1, -0.05) is 12.1 Å². The molecule has 1 aliphatic heterocycles. The van der Waals surface area contributed by atoms with Gasteiger partial charge in [0, 0.05) is 13.1 Å². The highest BCUT2D eigenvalue weighted by Crippen LogP contribution is 2.24. The second-order valence-electron chi connectivity index (χ2n) is 4.61. The lowest BCUT2D eigenvalue weighted by Gasteiger charge is -2.23. The molecule has 1 aromatic rings. The zero-order chi connectivity index (χ0) is 15.1. The van der Waals surface area contributed by atoms with Gasteiger partial charge < -0.3 is 25.8 Å². The highest BCUT2D eigenvalue weighted by molar-refractivity contribution is 5.95. The van der Waals surface area contributed by atoms with Crippen molar-refractivity contribution in [3.63, 3.8) is 0 Å². The van der Waals surface area contributed by atoms with Crippen molar-refractivity contribution < 1.29 is 19.1 Å². The van der Waals surface area contributed by atoms with E-state index >= 15 is 0 Å². The maximum absolute atomic E-state index is 12.1. The minimum Gasteiger partial charge on any atom is -0.491 e. The van der Waals surface area contributed by atoms with Crippen LogP contribution >= 0.6 is 0 Å². The number of rotatable bonds is 6. The molecule has 21 heavy (non-hydrogen) atoms. The van der Waals surface area contributed by atoms with Gasteiger partial charge in [-0.05, 0) is 12.1 Å². The van der Waals surface area contributed by atoms with Crippen molar-refractivity contribution in [2.75, 3.05) is 31.6 Å². The highest BCUT2D eigenvalue weighted by Gasteiger charge is 2.22. The number of hydrogen-bond donors (Lipinski definition) is 3. The summed E-state index contributed by atoms with van der Waals surface area (Å²) in [5.41, 5.74) is 5.60. The SMILES string of the molecule is NC(=O)CCOc1ccccc1NC(=O)C1CNCCO1. The Hall–Kier alpha value is -2.12. The van der Waals surface area contributed by atoms with Crippen molar-refractivity contribution in [1.82, 2.24) is 5.32 Å². The second-order valence-corrected chi connectivity index (χ2v) is 4.61. The van der Waals surface area contributed by atoms with Crippen LogP contribution in [0.3, 0.4) is 0 Å². The van der Waals surface area contributed by atoms with Crippen LogP contribution in [0.25, 0.3) is 0 Å². The van der Waals surface area contributed by atoms with Crippen LogP contribution in [0, 0.1) is 0 Å². The van der Waals surface area contributed by atoms with Gasteiger partial charge in [0.2, 0.25) is 5.91 Å². The topological polar surface area (TPSA) is 103 Å². The van der Waals surface area contributed by atoms with Crippen LogP contribution in [-0.2, 0) is 14.3 Å². The second kappa shape index (κ2) is 7.61. The third-order valence-electron chi connectivity index (χ3n) is 2.97. The number of nitrogens with one attached hydrogen (secondary N) is 2. The lowest BCUT2D eigenvalue weighted by molar-refractivity contribution is -0.128. The van der Waals surface area contributed by atoms with E-state index in [4.69, 9.17) is 15.2 Å². The van der Waals surface area contributed by atoms with Gasteiger partial charge in [-0.2, -0.15) is 0 Å². The summed E-state index contributed by atoms with van der Waals surface area (Å²) in [7, 11) is 0. The zero-order valence-corrected chi connectivity index (χ0v) is 11.6. The number of carbonyl (C=O) groups excluding carboxylic acids is 2. The first kappa shape index (κ1) is 15.3. The van der Waals surface area contributed by atoms with E-state index in [-0.39, 0.29) is 18.9 Å². The minimum absolute atomic E-state index is 0.123. The fourth-order valence-electron chi connectivity index (χ4n) is 1.90. The monoisotopic (exact) mass is 293 g/mol. The van der Waals surface area contributed by atoms with Gasteiger partial charge in [0.25, 0.3) is 5.91 Å². The molecule has 0 saturated carbocycles. The maximum atomic E-state index is 12.1. The molecule has 0 aliphatic carbocycles. The van der Waals surface area contributed by atoms with Gasteiger partial charge in [-0.25, -0.2) is 0 Å². The molecule has 0 aromatic heterocycles. The van der Waals surface area contributed by atoms with Crippen molar-refractivity contribution >= 4 is 17.5 Å². The third kappa shape index (κ3) is 4.73. The first-order valence-electron chi connectivity index (χ1n) is 6.80. The molecule has 1 atom stereocenters. The van der Waals surface area contributed by atoms with E-state index in [0.717, 1.165) is 6.54 Å². The fraction of sp³-hybridized carbons (Fsp3) is 0.429. The molecule has 0 radical (unpaired) electrons. The van der Waals surface area contributed by atoms with Crippen LogP contribution in [0.1, 0.15) is 6.42 Å². The molecule has 7 heteroatoms. The van der Waals surface area contributed by atoms with Gasteiger partial charge >= 0.3 is 0 Å². The molecule has 2 amide bonds. The zero-order valence-electron chi connectivity index (χ0n) is 11.6. The summed E-state index contributed by atoms with van der Waals surface area (Å²) in [6.45, 7) is 1.91. The van der Waals surface area contributed by atoms with Crippen LogP contribution in [0.15, 0.2) is 24.3 Å². The molecule has 7 nitrogen and oxygen atoms in total. The Balaban J connectivity index is 1.95. The van der Waals surface area contributed by atoms with Crippen LogP contribution in [-0.4, -0.2) is 44.2 Å². The number of amides is 2. The number of carbonyl (C=O) groups is 2. The first-order valence-corrected chi connectivity index (χ1v) is 6.80. The van der Waals surface area contributed by atoms with Crippen molar-refractivity contribution in [3.8, 4) is 5.75 Å². The Bertz CT molecular complexity index is 501. The molecule has 2 rings (SSSR count). The number of ether oxygens (including phenoxy) is 2. The fourth-order valence-corrected chi connectivity index (χ4v) is 1.90. The van der Waals surface area contributed by atoms with Crippen LogP contribution < -0.4 is 21.1 Å². The number of nitrogens with two attached hydrogens (primary N) is 1. The molecule has 1 aliphatic rings. The average Bonchev–Trinajstić information content (AvgIpc) is 2.49. The molecular formula is C14H19N3O4. The van der Waals surface area contributed by atoms with E-state index < -0.39 is 12.0 Å². The van der Waals surface area contributed by atoms with Gasteiger partial charge in [0.15, 0.2) is 0 Å². The quantitative estimate of drug-likeness (QED) is 0.678. The summed E-state index contributed by atoms with van der Waals surface area (Å²) in [6.07, 6.45) is -0.393. The Morgan fingerprint density at radius 1 is 1.43 bits per heavy atom. The molecule has 1 aromatic carbocycles. The molecule has 4 N–H and O–H groups in total. The van der Waals surface area contributed by atoms with Crippen molar-refractivity contribution in [2.24, 2.45) is 5.73 Å². The lowest BCUT2D eigenvalue weighted by atomic mass is 10.2. The maximum Gasteiger partial charge on any atom is 0.254 e. The van der Waals surface area contributed by atoms with E-state index in [1.807, 2.05) is 0 Å². The molecule has 114 valence electrons. The summed E-state index contributed by atoms with van der Waals surface area (Å²) >= 11 is 0. The van der Waals surface area contributed by atoms with E-state index in [2.05, 4.69) is 10.6 Å².